The third-order valence-electron chi connectivity index (χ3n) is 4.50. The van der Waals surface area contributed by atoms with E-state index in [0.717, 1.165) is 49.3 Å². The Bertz CT molecular complexity index is 1090. The first-order valence-electron chi connectivity index (χ1n) is 9.03. The lowest BCUT2D eigenvalue weighted by molar-refractivity contribution is 0.0341. The standard InChI is InChI=1S/C19H18N4O2.H3O4P/c20-10-13-1-3-16-15(9-13)18(19(24)22-16)17-4-2-14(11-21-17)12-23-5-7-25-8-6-23;1-5(2,3)4/h1-4,9,11,22,24H,5-8,12H2;(H3,1,2,3,4). The summed E-state index contributed by atoms with van der Waals surface area (Å²) < 4.78 is 14.2. The fraction of sp³-hybridized carbons (Fsp3) is 0.263. The molecule has 1 aliphatic rings. The van der Waals surface area contributed by atoms with Crippen molar-refractivity contribution in [1.29, 1.82) is 5.26 Å². The van der Waals surface area contributed by atoms with Crippen LogP contribution in [0.15, 0.2) is 36.5 Å². The second-order valence-corrected chi connectivity index (χ2v) is 7.70. The predicted octanol–water partition coefficient (Wildman–Crippen LogP) is 1.71. The first kappa shape index (κ1) is 21.9. The summed E-state index contributed by atoms with van der Waals surface area (Å²) in [7, 11) is -4.64. The highest BCUT2D eigenvalue weighted by molar-refractivity contribution is 7.45. The number of morpholine rings is 1. The molecule has 0 unspecified atom stereocenters. The second-order valence-electron chi connectivity index (χ2n) is 6.67. The molecule has 0 bridgehead atoms. The fourth-order valence-electron chi connectivity index (χ4n) is 3.19. The Hall–Kier alpha value is -2.77. The van der Waals surface area contributed by atoms with Crippen molar-refractivity contribution in [3.8, 4) is 23.2 Å². The van der Waals surface area contributed by atoms with Gasteiger partial charge in [0.25, 0.3) is 0 Å². The summed E-state index contributed by atoms with van der Waals surface area (Å²) in [5.74, 6) is 0.0681. The zero-order valence-electron chi connectivity index (χ0n) is 15.9. The minimum Gasteiger partial charge on any atom is -0.494 e. The molecule has 1 fully saturated rings. The van der Waals surface area contributed by atoms with Crippen LogP contribution in [0.4, 0.5) is 0 Å². The molecule has 10 nitrogen and oxygen atoms in total. The Labute approximate surface area is 172 Å². The quantitative estimate of drug-likeness (QED) is 0.388. The van der Waals surface area contributed by atoms with Gasteiger partial charge in [-0.1, -0.05) is 6.07 Å². The maximum atomic E-state index is 10.3. The number of H-pyrrole nitrogens is 1. The molecule has 1 saturated heterocycles. The van der Waals surface area contributed by atoms with Crippen molar-refractivity contribution in [3.05, 3.63) is 47.7 Å². The van der Waals surface area contributed by atoms with Crippen LogP contribution in [0, 0.1) is 11.3 Å². The zero-order valence-corrected chi connectivity index (χ0v) is 16.8. The number of rotatable bonds is 3. The van der Waals surface area contributed by atoms with Crippen molar-refractivity contribution in [3.63, 3.8) is 0 Å². The van der Waals surface area contributed by atoms with Gasteiger partial charge in [-0.3, -0.25) is 9.88 Å². The molecule has 11 heteroatoms. The molecule has 1 aromatic carbocycles. The number of aromatic amines is 1. The predicted molar refractivity (Wildman–Crippen MR) is 108 cm³/mol. The van der Waals surface area contributed by atoms with Crippen molar-refractivity contribution in [2.75, 3.05) is 26.3 Å². The first-order chi connectivity index (χ1) is 14.2. The SMILES string of the molecule is N#Cc1ccc2[nH]c(O)c(-c3ccc(CN4CCOCC4)cn3)c2c1.O=P(O)(O)O. The number of aromatic hydroxyl groups is 1. The molecule has 0 radical (unpaired) electrons. The Balaban J connectivity index is 0.000000461. The molecule has 3 heterocycles. The van der Waals surface area contributed by atoms with Gasteiger partial charge in [-0.05, 0) is 29.8 Å². The second kappa shape index (κ2) is 9.36. The van der Waals surface area contributed by atoms with Crippen LogP contribution in [-0.4, -0.2) is 61.0 Å². The lowest BCUT2D eigenvalue weighted by Crippen LogP contribution is -2.35. The number of nitrogens with one attached hydrogen (secondary N) is 1. The number of aromatic nitrogens is 2. The summed E-state index contributed by atoms with van der Waals surface area (Å²) in [6.45, 7) is 4.25. The Morgan fingerprint density at radius 3 is 2.50 bits per heavy atom. The van der Waals surface area contributed by atoms with Crippen LogP contribution in [0.5, 0.6) is 5.88 Å². The van der Waals surface area contributed by atoms with Crippen molar-refractivity contribution >= 4 is 18.7 Å². The van der Waals surface area contributed by atoms with Crippen LogP contribution < -0.4 is 0 Å². The minimum absolute atomic E-state index is 0.0681. The number of hydrogen-bond acceptors (Lipinski definition) is 6. The molecule has 0 amide bonds. The normalized spacial score (nSPS) is 14.7. The van der Waals surface area contributed by atoms with Gasteiger partial charge >= 0.3 is 7.82 Å². The van der Waals surface area contributed by atoms with Crippen molar-refractivity contribution in [2.45, 2.75) is 6.54 Å². The summed E-state index contributed by atoms with van der Waals surface area (Å²) in [5.41, 5.74) is 3.78. The molecule has 1 aliphatic heterocycles. The van der Waals surface area contributed by atoms with Crippen LogP contribution in [0.1, 0.15) is 11.1 Å². The molecule has 158 valence electrons. The molecule has 0 aliphatic carbocycles. The monoisotopic (exact) mass is 432 g/mol. The van der Waals surface area contributed by atoms with Crippen molar-refractivity contribution < 1.29 is 29.1 Å². The molecule has 0 saturated carbocycles. The molecule has 0 atom stereocenters. The summed E-state index contributed by atoms with van der Waals surface area (Å²) in [6, 6.07) is 11.4. The highest BCUT2D eigenvalue weighted by Gasteiger charge is 2.15. The minimum atomic E-state index is -4.64. The van der Waals surface area contributed by atoms with Crippen LogP contribution in [0.3, 0.4) is 0 Å². The smallest absolute Gasteiger partial charge is 0.466 e. The van der Waals surface area contributed by atoms with Gasteiger partial charge in [-0.2, -0.15) is 5.26 Å². The molecule has 30 heavy (non-hydrogen) atoms. The van der Waals surface area contributed by atoms with E-state index in [2.05, 4.69) is 20.9 Å². The van der Waals surface area contributed by atoms with Gasteiger partial charge in [0.05, 0.1) is 36.1 Å². The summed E-state index contributed by atoms with van der Waals surface area (Å²) >= 11 is 0. The van der Waals surface area contributed by atoms with E-state index in [1.807, 2.05) is 18.3 Å². The largest absolute Gasteiger partial charge is 0.494 e. The Kier molecular flexibility index (Phi) is 6.84. The fourth-order valence-corrected chi connectivity index (χ4v) is 3.19. The highest BCUT2D eigenvalue weighted by atomic mass is 31.2. The van der Waals surface area contributed by atoms with Gasteiger partial charge in [-0.25, -0.2) is 4.57 Å². The Morgan fingerprint density at radius 2 is 1.90 bits per heavy atom. The zero-order chi connectivity index (χ0) is 21.7. The lowest BCUT2D eigenvalue weighted by atomic mass is 10.1. The summed E-state index contributed by atoms with van der Waals surface area (Å²) in [6.07, 6.45) is 1.84. The average Bonchev–Trinajstić information content (AvgIpc) is 3.03. The van der Waals surface area contributed by atoms with E-state index in [4.69, 9.17) is 29.2 Å². The molecule has 3 aromatic rings. The molecular weight excluding hydrogens is 411 g/mol. The van der Waals surface area contributed by atoms with Crippen LogP contribution >= 0.6 is 7.82 Å². The van der Waals surface area contributed by atoms with E-state index in [-0.39, 0.29) is 5.88 Å². The van der Waals surface area contributed by atoms with Gasteiger partial charge in [0, 0.05) is 36.7 Å². The number of nitriles is 1. The van der Waals surface area contributed by atoms with E-state index in [9.17, 15) is 5.11 Å². The van der Waals surface area contributed by atoms with Crippen LogP contribution in [0.2, 0.25) is 0 Å². The first-order valence-corrected chi connectivity index (χ1v) is 10.6. The van der Waals surface area contributed by atoms with Gasteiger partial charge < -0.3 is 29.5 Å². The average molecular weight is 432 g/mol. The van der Waals surface area contributed by atoms with Crippen LogP contribution in [-0.2, 0) is 15.8 Å². The number of phosphoric acid groups is 1. The van der Waals surface area contributed by atoms with E-state index in [0.29, 0.717) is 16.8 Å². The number of benzene rings is 1. The summed E-state index contributed by atoms with van der Waals surface area (Å²) in [5, 5.41) is 20.2. The van der Waals surface area contributed by atoms with E-state index in [1.54, 1.807) is 18.2 Å². The molecule has 0 spiro atoms. The molecule has 2 aromatic heterocycles. The third-order valence-corrected chi connectivity index (χ3v) is 4.50. The maximum absolute atomic E-state index is 10.3. The van der Waals surface area contributed by atoms with Crippen LogP contribution in [0.25, 0.3) is 22.2 Å². The molecule has 4 rings (SSSR count). The summed E-state index contributed by atoms with van der Waals surface area (Å²) in [4.78, 5) is 31.4. The maximum Gasteiger partial charge on any atom is 0.466 e. The van der Waals surface area contributed by atoms with E-state index < -0.39 is 7.82 Å². The lowest BCUT2D eigenvalue weighted by Gasteiger charge is -2.26. The number of fused-ring (bicyclic) bond motifs is 1. The van der Waals surface area contributed by atoms with Gasteiger partial charge in [0.15, 0.2) is 5.88 Å². The van der Waals surface area contributed by atoms with E-state index >= 15 is 0 Å². The van der Waals surface area contributed by atoms with Gasteiger partial charge in [-0.15, -0.1) is 0 Å². The number of nitrogens with zero attached hydrogens (tertiary/aromatic N) is 3. The molecular formula is C19H21N4O6P. The van der Waals surface area contributed by atoms with Crippen molar-refractivity contribution in [1.82, 2.24) is 14.9 Å². The van der Waals surface area contributed by atoms with Gasteiger partial charge in [0.1, 0.15) is 0 Å². The molecule has 5 N–H and O–H groups in total. The highest BCUT2D eigenvalue weighted by Crippen LogP contribution is 2.36. The Morgan fingerprint density at radius 1 is 1.20 bits per heavy atom. The van der Waals surface area contributed by atoms with E-state index in [1.165, 1.54) is 0 Å². The number of pyridine rings is 1. The third kappa shape index (κ3) is 5.87. The topological polar surface area (TPSA) is 163 Å². The number of hydrogen-bond donors (Lipinski definition) is 5. The number of ether oxygens (including phenoxy) is 1. The van der Waals surface area contributed by atoms with Gasteiger partial charge in [0.2, 0.25) is 0 Å². The van der Waals surface area contributed by atoms with Crippen molar-refractivity contribution in [2.24, 2.45) is 0 Å².